The van der Waals surface area contributed by atoms with Crippen LogP contribution in [-0.2, 0) is 0 Å². The molecule has 0 aliphatic heterocycles. The van der Waals surface area contributed by atoms with Gasteiger partial charge >= 0.3 is 5.84 Å². The van der Waals surface area contributed by atoms with Gasteiger partial charge in [0.15, 0.2) is 11.6 Å². The predicted molar refractivity (Wildman–Crippen MR) is 87.9 cm³/mol. The first-order valence-electron chi connectivity index (χ1n) is 7.55. The van der Waals surface area contributed by atoms with Crippen LogP contribution in [0.4, 0.5) is 8.78 Å². The van der Waals surface area contributed by atoms with Gasteiger partial charge in [-0.15, -0.1) is 0 Å². The summed E-state index contributed by atoms with van der Waals surface area (Å²) in [6.07, 6.45) is 4.99. The highest BCUT2D eigenvalue weighted by molar-refractivity contribution is 5.88. The summed E-state index contributed by atoms with van der Waals surface area (Å²) in [5, 5.41) is 7.93. The summed E-state index contributed by atoms with van der Waals surface area (Å²) in [6, 6.07) is 9.52. The fraction of sp³-hybridized carbons (Fsp3) is 0. The molecule has 1 N–H and O–H groups in total. The highest BCUT2D eigenvalue weighted by Crippen LogP contribution is 2.34. The standard InChI is InChI=1S/C18H10F2N4O/c19-13-4-3-10(7-14(13)20)16-17(24-5-6-25-18(24)22-16)11-1-2-12-9-21-23-15(12)8-11/h1-9H,(H,21,23). The molecule has 5 aromatic rings. The van der Waals surface area contributed by atoms with Crippen molar-refractivity contribution in [1.29, 1.82) is 0 Å². The summed E-state index contributed by atoms with van der Waals surface area (Å²) in [4.78, 5) is 4.44. The average molecular weight is 336 g/mol. The summed E-state index contributed by atoms with van der Waals surface area (Å²) < 4.78 is 34.1. The molecule has 3 aromatic heterocycles. The largest absolute Gasteiger partial charge is 0.432 e. The summed E-state index contributed by atoms with van der Waals surface area (Å²) in [5.41, 5.74) is 3.43. The van der Waals surface area contributed by atoms with Crippen LogP contribution in [0.5, 0.6) is 0 Å². The molecule has 3 heterocycles. The Morgan fingerprint density at radius 1 is 1.00 bits per heavy atom. The van der Waals surface area contributed by atoms with Gasteiger partial charge in [0, 0.05) is 22.7 Å². The molecule has 5 nitrogen and oxygen atoms in total. The van der Waals surface area contributed by atoms with Crippen molar-refractivity contribution in [3.05, 3.63) is 66.7 Å². The van der Waals surface area contributed by atoms with Crippen LogP contribution in [0.1, 0.15) is 0 Å². The van der Waals surface area contributed by atoms with E-state index < -0.39 is 11.6 Å². The van der Waals surface area contributed by atoms with E-state index in [0.717, 1.165) is 34.3 Å². The number of fused-ring (bicyclic) bond motifs is 2. The molecule has 0 saturated carbocycles. The van der Waals surface area contributed by atoms with Gasteiger partial charge in [-0.05, 0) is 24.3 Å². The monoisotopic (exact) mass is 336 g/mol. The van der Waals surface area contributed by atoms with Crippen molar-refractivity contribution in [1.82, 2.24) is 19.6 Å². The lowest BCUT2D eigenvalue weighted by Gasteiger charge is -2.05. The fourth-order valence-electron chi connectivity index (χ4n) is 2.99. The molecule has 0 radical (unpaired) electrons. The second-order valence-electron chi connectivity index (χ2n) is 5.67. The van der Waals surface area contributed by atoms with Crippen LogP contribution in [-0.4, -0.2) is 19.6 Å². The van der Waals surface area contributed by atoms with Crippen molar-refractivity contribution in [3.63, 3.8) is 0 Å². The number of imidazole rings is 1. The maximum atomic E-state index is 13.7. The smallest absolute Gasteiger partial charge is 0.306 e. The van der Waals surface area contributed by atoms with Gasteiger partial charge in [-0.25, -0.2) is 8.78 Å². The van der Waals surface area contributed by atoms with Crippen molar-refractivity contribution in [3.8, 4) is 22.5 Å². The summed E-state index contributed by atoms with van der Waals surface area (Å²) in [6.45, 7) is 0. The molecule has 5 rings (SSSR count). The van der Waals surface area contributed by atoms with Gasteiger partial charge in [-0.3, -0.25) is 9.50 Å². The van der Waals surface area contributed by atoms with Crippen molar-refractivity contribution >= 4 is 16.7 Å². The van der Waals surface area contributed by atoms with E-state index in [1.54, 1.807) is 16.8 Å². The zero-order valence-corrected chi connectivity index (χ0v) is 12.7. The van der Waals surface area contributed by atoms with Crippen molar-refractivity contribution in [2.75, 3.05) is 0 Å². The van der Waals surface area contributed by atoms with E-state index in [2.05, 4.69) is 15.2 Å². The number of hydrogen-bond donors (Lipinski definition) is 1. The molecule has 7 heteroatoms. The van der Waals surface area contributed by atoms with Crippen molar-refractivity contribution < 1.29 is 13.2 Å². The number of halogens is 2. The zero-order valence-electron chi connectivity index (χ0n) is 12.7. The van der Waals surface area contributed by atoms with Gasteiger partial charge in [0.25, 0.3) is 0 Å². The second kappa shape index (κ2) is 5.01. The van der Waals surface area contributed by atoms with Gasteiger partial charge in [0.05, 0.1) is 17.4 Å². The average Bonchev–Trinajstić information content (AvgIpc) is 3.31. The van der Waals surface area contributed by atoms with E-state index in [1.165, 1.54) is 12.3 Å². The van der Waals surface area contributed by atoms with Gasteiger partial charge in [-0.1, -0.05) is 12.1 Å². The number of benzene rings is 2. The molecule has 0 saturated heterocycles. The molecule has 0 atom stereocenters. The first-order chi connectivity index (χ1) is 12.2. The van der Waals surface area contributed by atoms with Gasteiger partial charge in [0.1, 0.15) is 12.0 Å². The summed E-state index contributed by atoms with van der Waals surface area (Å²) in [5.74, 6) is -1.44. The number of H-pyrrole nitrogens is 1. The minimum atomic E-state index is -0.919. The van der Waals surface area contributed by atoms with Crippen LogP contribution < -0.4 is 0 Å². The number of nitrogens with zero attached hydrogens (tertiary/aromatic N) is 3. The number of oxazole rings is 1. The van der Waals surface area contributed by atoms with Gasteiger partial charge < -0.3 is 4.42 Å². The molecule has 2 aromatic carbocycles. The molecule has 0 amide bonds. The first-order valence-corrected chi connectivity index (χ1v) is 7.55. The van der Waals surface area contributed by atoms with E-state index >= 15 is 0 Å². The highest BCUT2D eigenvalue weighted by atomic mass is 19.2. The number of rotatable bonds is 2. The molecule has 0 aliphatic rings. The molecule has 0 bridgehead atoms. The van der Waals surface area contributed by atoms with E-state index in [1.807, 2.05) is 18.2 Å². The third-order valence-corrected chi connectivity index (χ3v) is 4.17. The Balaban J connectivity index is 1.80. The minimum absolute atomic E-state index is 0.374. The molecular weight excluding hydrogens is 326 g/mol. The molecule has 0 spiro atoms. The van der Waals surface area contributed by atoms with Crippen LogP contribution in [0.25, 0.3) is 39.3 Å². The third kappa shape index (κ3) is 2.06. The van der Waals surface area contributed by atoms with Crippen LogP contribution in [0.15, 0.2) is 59.5 Å². The number of aromatic amines is 1. The highest BCUT2D eigenvalue weighted by Gasteiger charge is 2.19. The van der Waals surface area contributed by atoms with Gasteiger partial charge in [-0.2, -0.15) is 10.1 Å². The Hall–Kier alpha value is -3.48. The van der Waals surface area contributed by atoms with Gasteiger partial charge in [0.2, 0.25) is 0 Å². The molecule has 0 fully saturated rings. The van der Waals surface area contributed by atoms with Crippen LogP contribution >= 0.6 is 0 Å². The molecule has 0 unspecified atom stereocenters. The number of hydrogen-bond acceptors (Lipinski definition) is 3. The normalized spacial score (nSPS) is 11.6. The van der Waals surface area contributed by atoms with Crippen LogP contribution in [0, 0.1) is 11.6 Å². The van der Waals surface area contributed by atoms with E-state index in [0.29, 0.717) is 17.1 Å². The Bertz CT molecular complexity index is 1230. The lowest BCUT2D eigenvalue weighted by molar-refractivity contribution is 0.509. The topological polar surface area (TPSA) is 59.1 Å². The van der Waals surface area contributed by atoms with Crippen LogP contribution in [0.2, 0.25) is 0 Å². The number of aromatic nitrogens is 4. The molecular formula is C18H10F2N4O. The number of nitrogens with one attached hydrogen (secondary N) is 1. The Morgan fingerprint density at radius 3 is 2.76 bits per heavy atom. The quantitative estimate of drug-likeness (QED) is 0.519. The predicted octanol–water partition coefficient (Wildman–Crippen LogP) is 4.42. The van der Waals surface area contributed by atoms with Crippen molar-refractivity contribution in [2.45, 2.75) is 0 Å². The maximum absolute atomic E-state index is 13.7. The first kappa shape index (κ1) is 13.9. The second-order valence-corrected chi connectivity index (χ2v) is 5.67. The van der Waals surface area contributed by atoms with E-state index in [-0.39, 0.29) is 0 Å². The Morgan fingerprint density at radius 2 is 1.88 bits per heavy atom. The zero-order chi connectivity index (χ0) is 17.0. The summed E-state index contributed by atoms with van der Waals surface area (Å²) >= 11 is 0. The summed E-state index contributed by atoms with van der Waals surface area (Å²) in [7, 11) is 0. The third-order valence-electron chi connectivity index (χ3n) is 4.17. The molecule has 0 aliphatic carbocycles. The molecule has 25 heavy (non-hydrogen) atoms. The Kier molecular flexibility index (Phi) is 2.79. The SMILES string of the molecule is Fc1ccc(-c2nc3occn3c2-c2ccc3cn[nH]c3c2)cc1F. The van der Waals surface area contributed by atoms with E-state index in [4.69, 9.17) is 4.42 Å². The van der Waals surface area contributed by atoms with Crippen LogP contribution in [0.3, 0.4) is 0 Å². The Labute approximate surface area is 139 Å². The molecule has 122 valence electrons. The maximum Gasteiger partial charge on any atom is 0.306 e. The fourth-order valence-corrected chi connectivity index (χ4v) is 2.99. The lowest BCUT2D eigenvalue weighted by Crippen LogP contribution is -1.90. The lowest BCUT2D eigenvalue weighted by atomic mass is 10.0. The van der Waals surface area contributed by atoms with E-state index in [9.17, 15) is 8.78 Å². The minimum Gasteiger partial charge on any atom is -0.432 e. The van der Waals surface area contributed by atoms with Crippen molar-refractivity contribution in [2.24, 2.45) is 0 Å².